The molecule has 6 nitrogen and oxygen atoms in total. The van der Waals surface area contributed by atoms with Gasteiger partial charge in [-0.2, -0.15) is 0 Å². The summed E-state index contributed by atoms with van der Waals surface area (Å²) in [5.74, 6) is 0.430. The maximum absolute atomic E-state index is 12.4. The second kappa shape index (κ2) is 5.48. The third-order valence-corrected chi connectivity index (χ3v) is 3.46. The summed E-state index contributed by atoms with van der Waals surface area (Å²) in [5, 5.41) is 6.76. The van der Waals surface area contributed by atoms with Crippen LogP contribution in [0.25, 0.3) is 0 Å². The number of anilines is 2. The normalized spacial score (nSPS) is 20.1. The third-order valence-electron chi connectivity index (χ3n) is 3.46. The first kappa shape index (κ1) is 14.1. The van der Waals surface area contributed by atoms with Crippen molar-refractivity contribution in [3.05, 3.63) is 54.1 Å². The highest BCUT2D eigenvalue weighted by molar-refractivity contribution is 6.07. The average Bonchev–Trinajstić information content (AvgIpc) is 2.92. The van der Waals surface area contributed by atoms with Crippen LogP contribution >= 0.6 is 0 Å². The monoisotopic (exact) mass is 296 g/mol. The number of oxime groups is 1. The molecule has 1 aromatic heterocycles. The van der Waals surface area contributed by atoms with Gasteiger partial charge in [0.1, 0.15) is 11.6 Å². The van der Waals surface area contributed by atoms with Gasteiger partial charge in [-0.3, -0.25) is 4.79 Å². The fourth-order valence-corrected chi connectivity index (χ4v) is 2.22. The van der Waals surface area contributed by atoms with Gasteiger partial charge in [0.15, 0.2) is 0 Å². The minimum atomic E-state index is -1.06. The van der Waals surface area contributed by atoms with E-state index >= 15 is 0 Å². The smallest absolute Gasteiger partial charge is 0.272 e. The maximum Gasteiger partial charge on any atom is 0.272 e. The molecule has 0 saturated carbocycles. The molecule has 2 aromatic rings. The highest BCUT2D eigenvalue weighted by Gasteiger charge is 2.42. The van der Waals surface area contributed by atoms with E-state index in [0.29, 0.717) is 18.1 Å². The van der Waals surface area contributed by atoms with Crippen molar-refractivity contribution in [2.75, 3.05) is 11.1 Å². The lowest BCUT2D eigenvalue weighted by molar-refractivity contribution is -0.135. The van der Waals surface area contributed by atoms with Gasteiger partial charge in [0.25, 0.3) is 5.91 Å². The van der Waals surface area contributed by atoms with Gasteiger partial charge in [-0.05, 0) is 24.6 Å². The Kier molecular flexibility index (Phi) is 3.50. The number of amides is 1. The van der Waals surface area contributed by atoms with Gasteiger partial charge in [-0.1, -0.05) is 41.6 Å². The van der Waals surface area contributed by atoms with E-state index in [4.69, 9.17) is 10.6 Å². The Labute approximate surface area is 128 Å². The number of rotatable bonds is 3. The van der Waals surface area contributed by atoms with E-state index in [-0.39, 0.29) is 5.91 Å². The molecule has 3 rings (SSSR count). The number of hydrogen-bond donors (Lipinski definition) is 2. The van der Waals surface area contributed by atoms with Crippen LogP contribution in [-0.4, -0.2) is 22.2 Å². The molecule has 22 heavy (non-hydrogen) atoms. The number of carbonyl (C=O) groups is 1. The van der Waals surface area contributed by atoms with Crippen LogP contribution in [0.15, 0.2) is 53.7 Å². The quantitative estimate of drug-likeness (QED) is 0.908. The summed E-state index contributed by atoms with van der Waals surface area (Å²) < 4.78 is 0. The molecule has 1 aliphatic rings. The Morgan fingerprint density at radius 3 is 2.73 bits per heavy atom. The van der Waals surface area contributed by atoms with Gasteiger partial charge >= 0.3 is 0 Å². The molecule has 2 heterocycles. The van der Waals surface area contributed by atoms with Crippen molar-refractivity contribution in [1.29, 1.82) is 0 Å². The topological polar surface area (TPSA) is 89.6 Å². The molecule has 1 aliphatic heterocycles. The predicted octanol–water partition coefficient (Wildman–Crippen LogP) is 2.19. The van der Waals surface area contributed by atoms with Crippen molar-refractivity contribution in [2.45, 2.75) is 18.9 Å². The molecule has 0 saturated heterocycles. The zero-order valence-electron chi connectivity index (χ0n) is 12.1. The zero-order chi connectivity index (χ0) is 15.6. The molecule has 0 fully saturated rings. The Bertz CT molecular complexity index is 730. The average molecular weight is 296 g/mol. The van der Waals surface area contributed by atoms with Gasteiger partial charge in [0, 0.05) is 6.42 Å². The Balaban J connectivity index is 1.72. The van der Waals surface area contributed by atoms with E-state index in [1.54, 1.807) is 25.1 Å². The molecule has 1 amide bonds. The van der Waals surface area contributed by atoms with Crippen molar-refractivity contribution in [1.82, 2.24) is 4.98 Å². The highest BCUT2D eigenvalue weighted by Crippen LogP contribution is 2.27. The summed E-state index contributed by atoms with van der Waals surface area (Å²) >= 11 is 0. The van der Waals surface area contributed by atoms with Gasteiger partial charge in [-0.15, -0.1) is 0 Å². The van der Waals surface area contributed by atoms with Crippen LogP contribution in [0.2, 0.25) is 0 Å². The second-order valence-corrected chi connectivity index (χ2v) is 5.30. The number of carbonyl (C=O) groups excluding carboxylic acids is 1. The van der Waals surface area contributed by atoms with Crippen LogP contribution in [0.1, 0.15) is 18.9 Å². The number of benzene rings is 1. The number of nitrogens with two attached hydrogens (primary N) is 1. The van der Waals surface area contributed by atoms with E-state index < -0.39 is 5.60 Å². The van der Waals surface area contributed by atoms with Crippen molar-refractivity contribution >= 4 is 23.3 Å². The largest absolute Gasteiger partial charge is 0.384 e. The number of nitrogens with zero attached hydrogens (tertiary/aromatic N) is 2. The summed E-state index contributed by atoms with van der Waals surface area (Å²) in [7, 11) is 0. The van der Waals surface area contributed by atoms with Crippen LogP contribution in [0.4, 0.5) is 11.6 Å². The highest BCUT2D eigenvalue weighted by atomic mass is 16.7. The van der Waals surface area contributed by atoms with Gasteiger partial charge < -0.3 is 15.9 Å². The summed E-state index contributed by atoms with van der Waals surface area (Å²) in [6.07, 6.45) is 0.394. The molecule has 0 radical (unpaired) electrons. The molecule has 0 bridgehead atoms. The molecule has 1 aromatic carbocycles. The van der Waals surface area contributed by atoms with Crippen LogP contribution in [-0.2, 0) is 9.63 Å². The number of hydrogen-bond acceptors (Lipinski definition) is 5. The minimum absolute atomic E-state index is 0.305. The lowest BCUT2D eigenvalue weighted by atomic mass is 9.95. The molecule has 6 heteroatoms. The molecule has 0 spiro atoms. The minimum Gasteiger partial charge on any atom is -0.384 e. The van der Waals surface area contributed by atoms with E-state index in [0.717, 1.165) is 11.3 Å². The Hall–Kier alpha value is -2.89. The Morgan fingerprint density at radius 2 is 2.00 bits per heavy atom. The fourth-order valence-electron chi connectivity index (χ4n) is 2.22. The molecule has 1 unspecified atom stereocenters. The maximum atomic E-state index is 12.4. The van der Waals surface area contributed by atoms with E-state index in [9.17, 15) is 4.79 Å². The molecular formula is C16H16N4O2. The molecular weight excluding hydrogens is 280 g/mol. The van der Waals surface area contributed by atoms with Crippen LogP contribution in [0, 0.1) is 0 Å². The van der Waals surface area contributed by atoms with Crippen molar-refractivity contribution in [2.24, 2.45) is 5.16 Å². The lowest BCUT2D eigenvalue weighted by Crippen LogP contribution is -2.40. The predicted molar refractivity (Wildman–Crippen MR) is 84.4 cm³/mol. The summed E-state index contributed by atoms with van der Waals surface area (Å²) in [5.41, 5.74) is 6.24. The van der Waals surface area contributed by atoms with Gasteiger partial charge in [-0.25, -0.2) is 4.98 Å². The SMILES string of the molecule is CC1(C(=O)Nc2cccc(N)n2)CC(c2ccccc2)=NO1. The number of nitrogens with one attached hydrogen (secondary N) is 1. The van der Waals surface area contributed by atoms with Crippen LogP contribution in [0.3, 0.4) is 0 Å². The number of aromatic nitrogens is 1. The van der Waals surface area contributed by atoms with Crippen molar-refractivity contribution in [3.63, 3.8) is 0 Å². The zero-order valence-corrected chi connectivity index (χ0v) is 12.1. The van der Waals surface area contributed by atoms with Gasteiger partial charge in [0.05, 0.1) is 5.71 Å². The van der Waals surface area contributed by atoms with Crippen molar-refractivity contribution in [3.8, 4) is 0 Å². The standard InChI is InChI=1S/C16H16N4O2/c1-16(15(21)19-14-9-5-8-13(17)18-14)10-12(20-22-16)11-6-3-2-4-7-11/h2-9H,10H2,1H3,(H3,17,18,19,21). The molecule has 3 N–H and O–H groups in total. The first-order chi connectivity index (χ1) is 10.6. The van der Waals surface area contributed by atoms with Gasteiger partial charge in [0.2, 0.25) is 5.60 Å². The van der Waals surface area contributed by atoms with Crippen LogP contribution < -0.4 is 11.1 Å². The Morgan fingerprint density at radius 1 is 1.23 bits per heavy atom. The fraction of sp³-hybridized carbons (Fsp3) is 0.188. The first-order valence-corrected chi connectivity index (χ1v) is 6.91. The lowest BCUT2D eigenvalue weighted by Gasteiger charge is -2.20. The number of pyridine rings is 1. The third kappa shape index (κ3) is 2.76. The molecule has 1 atom stereocenters. The van der Waals surface area contributed by atoms with Crippen molar-refractivity contribution < 1.29 is 9.63 Å². The molecule has 0 aliphatic carbocycles. The summed E-state index contributed by atoms with van der Waals surface area (Å²) in [6.45, 7) is 1.70. The van der Waals surface area contributed by atoms with E-state index in [2.05, 4.69) is 15.5 Å². The first-order valence-electron chi connectivity index (χ1n) is 6.91. The second-order valence-electron chi connectivity index (χ2n) is 5.30. The summed E-state index contributed by atoms with van der Waals surface area (Å²) in [4.78, 5) is 21.9. The number of nitrogen functional groups attached to an aromatic ring is 1. The van der Waals surface area contributed by atoms with Crippen LogP contribution in [0.5, 0.6) is 0 Å². The van der Waals surface area contributed by atoms with E-state index in [1.807, 2.05) is 30.3 Å². The van der Waals surface area contributed by atoms with E-state index in [1.165, 1.54) is 0 Å². The molecule has 112 valence electrons. The summed E-state index contributed by atoms with van der Waals surface area (Å²) in [6, 6.07) is 14.7.